The zero-order valence-corrected chi connectivity index (χ0v) is 12.1. The van der Waals surface area contributed by atoms with Gasteiger partial charge < -0.3 is 4.57 Å². The summed E-state index contributed by atoms with van der Waals surface area (Å²) in [6, 6.07) is 5.15. The number of nitrogens with zero attached hydrogens (tertiary/aromatic N) is 2. The third-order valence-electron chi connectivity index (χ3n) is 2.80. The molecule has 5 heteroatoms. The van der Waals surface area contributed by atoms with Gasteiger partial charge in [0.2, 0.25) is 5.78 Å². The third-order valence-corrected chi connectivity index (χ3v) is 3.38. The van der Waals surface area contributed by atoms with Gasteiger partial charge in [0.25, 0.3) is 0 Å². The normalized spacial score (nSPS) is 10.7. The molecule has 3 nitrogen and oxygen atoms in total. The highest BCUT2D eigenvalue weighted by molar-refractivity contribution is 6.35. The zero-order chi connectivity index (χ0) is 13.8. The summed E-state index contributed by atoms with van der Waals surface area (Å²) in [4.78, 5) is 16.4. The Bertz CT molecular complexity index is 593. The van der Waals surface area contributed by atoms with Crippen LogP contribution in [0, 0.1) is 0 Å². The van der Waals surface area contributed by atoms with Gasteiger partial charge in [0, 0.05) is 35.4 Å². The van der Waals surface area contributed by atoms with Crippen molar-refractivity contribution >= 4 is 29.0 Å². The van der Waals surface area contributed by atoms with Crippen molar-refractivity contribution in [1.29, 1.82) is 0 Å². The molecule has 0 aliphatic rings. The number of rotatable bonds is 5. The van der Waals surface area contributed by atoms with Gasteiger partial charge in [0.1, 0.15) is 0 Å². The van der Waals surface area contributed by atoms with E-state index in [1.807, 2.05) is 10.8 Å². The summed E-state index contributed by atoms with van der Waals surface area (Å²) < 4.78 is 1.87. The van der Waals surface area contributed by atoms with Crippen molar-refractivity contribution in [3.63, 3.8) is 0 Å². The molecule has 2 aromatic rings. The van der Waals surface area contributed by atoms with Gasteiger partial charge in [-0.05, 0) is 24.1 Å². The van der Waals surface area contributed by atoms with Crippen LogP contribution in [0.5, 0.6) is 0 Å². The molecule has 19 heavy (non-hydrogen) atoms. The fourth-order valence-electron chi connectivity index (χ4n) is 1.90. The Hall–Kier alpha value is -1.32. The van der Waals surface area contributed by atoms with Crippen molar-refractivity contribution in [2.24, 2.45) is 0 Å². The molecule has 0 aliphatic heterocycles. The lowest BCUT2D eigenvalue weighted by Crippen LogP contribution is -2.12. The van der Waals surface area contributed by atoms with Crippen LogP contribution in [0.25, 0.3) is 0 Å². The number of imidazole rings is 1. The molecule has 0 amide bonds. The lowest BCUT2D eigenvalue weighted by molar-refractivity contribution is 0.0979. The standard InChI is InChI=1S/C14H14Cl2N2O/c1-2-6-18-7-5-17-14(18)13(19)8-10-3-4-11(15)9-12(10)16/h3-5,7,9H,2,6,8H2,1H3. The topological polar surface area (TPSA) is 34.9 Å². The van der Waals surface area contributed by atoms with Crippen molar-refractivity contribution in [1.82, 2.24) is 9.55 Å². The Balaban J connectivity index is 2.18. The molecule has 0 bridgehead atoms. The van der Waals surface area contributed by atoms with E-state index in [0.29, 0.717) is 15.9 Å². The largest absolute Gasteiger partial charge is 0.329 e. The maximum absolute atomic E-state index is 12.2. The molecule has 1 heterocycles. The number of ketones is 1. The molecular weight excluding hydrogens is 283 g/mol. The van der Waals surface area contributed by atoms with Gasteiger partial charge in [-0.1, -0.05) is 36.2 Å². The van der Waals surface area contributed by atoms with E-state index in [4.69, 9.17) is 23.2 Å². The fourth-order valence-corrected chi connectivity index (χ4v) is 2.38. The Morgan fingerprint density at radius 2 is 2.16 bits per heavy atom. The van der Waals surface area contributed by atoms with Gasteiger partial charge in [-0.25, -0.2) is 4.98 Å². The Kier molecular flexibility index (Phi) is 4.61. The van der Waals surface area contributed by atoms with Gasteiger partial charge in [0.05, 0.1) is 0 Å². The molecule has 0 unspecified atom stereocenters. The zero-order valence-electron chi connectivity index (χ0n) is 10.6. The molecule has 0 aliphatic carbocycles. The third kappa shape index (κ3) is 3.37. The quantitative estimate of drug-likeness (QED) is 0.781. The maximum Gasteiger partial charge on any atom is 0.202 e. The highest BCUT2D eigenvalue weighted by Gasteiger charge is 2.14. The molecule has 0 saturated carbocycles. The summed E-state index contributed by atoms with van der Waals surface area (Å²) >= 11 is 11.9. The molecule has 0 saturated heterocycles. The first-order valence-electron chi connectivity index (χ1n) is 6.10. The minimum Gasteiger partial charge on any atom is -0.329 e. The second-order valence-corrected chi connectivity index (χ2v) is 5.12. The van der Waals surface area contributed by atoms with E-state index in [0.717, 1.165) is 18.5 Å². The highest BCUT2D eigenvalue weighted by Crippen LogP contribution is 2.22. The molecule has 0 N–H and O–H groups in total. The van der Waals surface area contributed by atoms with E-state index >= 15 is 0 Å². The van der Waals surface area contributed by atoms with E-state index in [1.54, 1.807) is 24.4 Å². The highest BCUT2D eigenvalue weighted by atomic mass is 35.5. The van der Waals surface area contributed by atoms with Crippen LogP contribution in [-0.4, -0.2) is 15.3 Å². The molecule has 0 spiro atoms. The second kappa shape index (κ2) is 6.22. The first-order valence-corrected chi connectivity index (χ1v) is 6.85. The second-order valence-electron chi connectivity index (χ2n) is 4.28. The predicted molar refractivity (Wildman–Crippen MR) is 77.0 cm³/mol. The van der Waals surface area contributed by atoms with Gasteiger partial charge in [-0.2, -0.15) is 0 Å². The smallest absolute Gasteiger partial charge is 0.202 e. The average molecular weight is 297 g/mol. The van der Waals surface area contributed by atoms with Gasteiger partial charge in [0.15, 0.2) is 5.82 Å². The minimum atomic E-state index is -0.0392. The fraction of sp³-hybridized carbons (Fsp3) is 0.286. The van der Waals surface area contributed by atoms with Crippen LogP contribution >= 0.6 is 23.2 Å². The summed E-state index contributed by atoms with van der Waals surface area (Å²) in [7, 11) is 0. The van der Waals surface area contributed by atoms with Crippen molar-refractivity contribution < 1.29 is 4.79 Å². The Morgan fingerprint density at radius 3 is 2.84 bits per heavy atom. The average Bonchev–Trinajstić information content (AvgIpc) is 2.81. The van der Waals surface area contributed by atoms with Crippen LogP contribution < -0.4 is 0 Å². The predicted octanol–water partition coefficient (Wildman–Crippen LogP) is 4.03. The van der Waals surface area contributed by atoms with E-state index in [2.05, 4.69) is 11.9 Å². The molecule has 0 atom stereocenters. The summed E-state index contributed by atoms with van der Waals surface area (Å²) in [5.74, 6) is 0.440. The summed E-state index contributed by atoms with van der Waals surface area (Å²) in [5.41, 5.74) is 0.766. The molecule has 0 fully saturated rings. The number of benzene rings is 1. The number of halogens is 2. The summed E-state index contributed by atoms with van der Waals surface area (Å²) in [6.07, 6.45) is 4.65. The van der Waals surface area contributed by atoms with Gasteiger partial charge in [-0.15, -0.1) is 0 Å². The maximum atomic E-state index is 12.2. The van der Waals surface area contributed by atoms with Crippen LogP contribution in [0.4, 0.5) is 0 Å². The van der Waals surface area contributed by atoms with Crippen LogP contribution in [-0.2, 0) is 13.0 Å². The number of aromatic nitrogens is 2. The van der Waals surface area contributed by atoms with E-state index in [1.165, 1.54) is 0 Å². The van der Waals surface area contributed by atoms with Crippen molar-refractivity contribution in [2.75, 3.05) is 0 Å². The number of aryl methyl sites for hydroxylation is 1. The van der Waals surface area contributed by atoms with E-state index in [-0.39, 0.29) is 12.2 Å². The van der Waals surface area contributed by atoms with Crippen LogP contribution in [0.1, 0.15) is 29.5 Å². The van der Waals surface area contributed by atoms with Gasteiger partial charge >= 0.3 is 0 Å². The Morgan fingerprint density at radius 1 is 1.37 bits per heavy atom. The number of hydrogen-bond acceptors (Lipinski definition) is 2. The lowest BCUT2D eigenvalue weighted by atomic mass is 10.1. The molecule has 100 valence electrons. The Labute approximate surface area is 122 Å². The van der Waals surface area contributed by atoms with Crippen LogP contribution in [0.15, 0.2) is 30.6 Å². The number of Topliss-reactive ketones (excluding diaryl/α,β-unsaturated/α-hetero) is 1. The van der Waals surface area contributed by atoms with Crippen molar-refractivity contribution in [2.45, 2.75) is 26.3 Å². The first-order chi connectivity index (χ1) is 9.11. The summed E-state index contributed by atoms with van der Waals surface area (Å²) in [6.45, 7) is 2.85. The molecule has 0 radical (unpaired) electrons. The number of carbonyl (C=O) groups excluding carboxylic acids is 1. The first kappa shape index (κ1) is 14.1. The van der Waals surface area contributed by atoms with E-state index in [9.17, 15) is 4.79 Å². The van der Waals surface area contributed by atoms with E-state index < -0.39 is 0 Å². The molecule has 2 rings (SSSR count). The van der Waals surface area contributed by atoms with Crippen molar-refractivity contribution in [3.05, 3.63) is 52.0 Å². The van der Waals surface area contributed by atoms with Crippen molar-refractivity contribution in [3.8, 4) is 0 Å². The number of hydrogen-bond donors (Lipinski definition) is 0. The van der Waals surface area contributed by atoms with Gasteiger partial charge in [-0.3, -0.25) is 4.79 Å². The van der Waals surface area contributed by atoms with Crippen LogP contribution in [0.2, 0.25) is 10.0 Å². The van der Waals surface area contributed by atoms with Crippen LogP contribution in [0.3, 0.4) is 0 Å². The minimum absolute atomic E-state index is 0.0392. The molecule has 1 aromatic carbocycles. The monoisotopic (exact) mass is 296 g/mol. The lowest BCUT2D eigenvalue weighted by Gasteiger charge is -2.06. The SMILES string of the molecule is CCCn1ccnc1C(=O)Cc1ccc(Cl)cc1Cl. The number of carbonyl (C=O) groups is 1. The molecule has 1 aromatic heterocycles. The molecular formula is C14H14Cl2N2O. The summed E-state index contributed by atoms with van der Waals surface area (Å²) in [5, 5.41) is 1.07.